The Morgan fingerprint density at radius 1 is 1.10 bits per heavy atom. The summed E-state index contributed by atoms with van der Waals surface area (Å²) in [6.45, 7) is 3.31. The standard InChI is InChI=1S/C21H20N4O4/c1-13-4-7-16(8-5-13)17-11-18(24-23-17)21(27)25-22-12-15-6-9-19(29-14(2)26)20(10-15)28-3/h4-12H,1-3H3,(H,23,24)(H,25,27)/b22-12+. The molecule has 0 aliphatic rings. The number of nitrogens with one attached hydrogen (secondary N) is 2. The number of rotatable bonds is 6. The maximum atomic E-state index is 12.3. The Morgan fingerprint density at radius 2 is 1.86 bits per heavy atom. The third-order valence-electron chi connectivity index (χ3n) is 3.99. The van der Waals surface area contributed by atoms with Gasteiger partial charge in [-0.25, -0.2) is 5.43 Å². The molecule has 0 spiro atoms. The highest BCUT2D eigenvalue weighted by Gasteiger charge is 2.11. The molecule has 0 aliphatic carbocycles. The summed E-state index contributed by atoms with van der Waals surface area (Å²) in [7, 11) is 1.47. The van der Waals surface area contributed by atoms with Gasteiger partial charge in [0.05, 0.1) is 19.0 Å². The van der Waals surface area contributed by atoms with Crippen molar-refractivity contribution in [2.24, 2.45) is 5.10 Å². The van der Waals surface area contributed by atoms with Crippen LogP contribution in [0.15, 0.2) is 53.6 Å². The van der Waals surface area contributed by atoms with Crippen LogP contribution < -0.4 is 14.9 Å². The van der Waals surface area contributed by atoms with Gasteiger partial charge < -0.3 is 9.47 Å². The molecule has 1 heterocycles. The number of carbonyl (C=O) groups is 2. The number of hydrogen-bond acceptors (Lipinski definition) is 6. The molecule has 3 aromatic rings. The number of H-pyrrole nitrogens is 1. The third-order valence-corrected chi connectivity index (χ3v) is 3.99. The average Bonchev–Trinajstić information content (AvgIpc) is 3.19. The molecule has 0 fully saturated rings. The fraction of sp³-hybridized carbons (Fsp3) is 0.143. The molecular weight excluding hydrogens is 372 g/mol. The minimum Gasteiger partial charge on any atom is -0.493 e. The van der Waals surface area contributed by atoms with Gasteiger partial charge in [0.25, 0.3) is 5.91 Å². The smallest absolute Gasteiger partial charge is 0.308 e. The van der Waals surface area contributed by atoms with Crippen molar-refractivity contribution in [2.45, 2.75) is 13.8 Å². The lowest BCUT2D eigenvalue weighted by Gasteiger charge is -2.08. The van der Waals surface area contributed by atoms with Crippen LogP contribution in [0.5, 0.6) is 11.5 Å². The van der Waals surface area contributed by atoms with Crippen molar-refractivity contribution >= 4 is 18.1 Å². The monoisotopic (exact) mass is 392 g/mol. The summed E-state index contributed by atoms with van der Waals surface area (Å²) in [6.07, 6.45) is 1.45. The highest BCUT2D eigenvalue weighted by Crippen LogP contribution is 2.27. The fourth-order valence-electron chi connectivity index (χ4n) is 2.54. The quantitative estimate of drug-likeness (QED) is 0.290. The van der Waals surface area contributed by atoms with Gasteiger partial charge in [0.1, 0.15) is 5.69 Å². The number of aryl methyl sites for hydroxylation is 1. The first-order valence-corrected chi connectivity index (χ1v) is 8.78. The Morgan fingerprint density at radius 3 is 2.55 bits per heavy atom. The van der Waals surface area contributed by atoms with Gasteiger partial charge in [0.15, 0.2) is 11.5 Å². The lowest BCUT2D eigenvalue weighted by atomic mass is 10.1. The van der Waals surface area contributed by atoms with E-state index in [1.54, 1.807) is 24.3 Å². The number of esters is 1. The number of hydrazone groups is 1. The molecule has 148 valence electrons. The Bertz CT molecular complexity index is 1050. The van der Waals surface area contributed by atoms with Crippen molar-refractivity contribution in [2.75, 3.05) is 7.11 Å². The molecular formula is C21H20N4O4. The first-order valence-electron chi connectivity index (χ1n) is 8.78. The Kier molecular flexibility index (Phi) is 6.03. The predicted octanol–water partition coefficient (Wildman–Crippen LogP) is 3.08. The van der Waals surface area contributed by atoms with E-state index in [4.69, 9.17) is 9.47 Å². The van der Waals surface area contributed by atoms with E-state index < -0.39 is 11.9 Å². The number of carbonyl (C=O) groups excluding carboxylic acids is 2. The van der Waals surface area contributed by atoms with Crippen LogP contribution in [0.1, 0.15) is 28.5 Å². The zero-order valence-electron chi connectivity index (χ0n) is 16.2. The van der Waals surface area contributed by atoms with E-state index in [1.165, 1.54) is 20.2 Å². The van der Waals surface area contributed by atoms with Gasteiger partial charge in [-0.3, -0.25) is 14.7 Å². The van der Waals surface area contributed by atoms with Crippen molar-refractivity contribution in [1.29, 1.82) is 0 Å². The van der Waals surface area contributed by atoms with E-state index in [-0.39, 0.29) is 0 Å². The molecule has 8 nitrogen and oxygen atoms in total. The Hall–Kier alpha value is -3.94. The summed E-state index contributed by atoms with van der Waals surface area (Å²) in [6, 6.07) is 14.4. The minimum atomic E-state index is -0.443. The maximum absolute atomic E-state index is 12.3. The van der Waals surface area contributed by atoms with Crippen molar-refractivity contribution in [3.8, 4) is 22.8 Å². The van der Waals surface area contributed by atoms with Crippen LogP contribution in [0, 0.1) is 6.92 Å². The van der Waals surface area contributed by atoms with E-state index in [9.17, 15) is 9.59 Å². The summed E-state index contributed by atoms with van der Waals surface area (Å²) in [5, 5.41) is 10.8. The van der Waals surface area contributed by atoms with Gasteiger partial charge in [-0.05, 0) is 36.8 Å². The molecule has 0 saturated heterocycles. The SMILES string of the molecule is COc1cc(/C=N/NC(=O)c2cc(-c3ccc(C)cc3)n[nH]2)ccc1OC(C)=O. The van der Waals surface area contributed by atoms with Crippen LogP contribution in [0.3, 0.4) is 0 Å². The summed E-state index contributed by atoms with van der Waals surface area (Å²) < 4.78 is 10.2. The molecule has 0 unspecified atom stereocenters. The van der Waals surface area contributed by atoms with Crippen LogP contribution in [-0.4, -0.2) is 35.4 Å². The Labute approximate surface area is 167 Å². The highest BCUT2D eigenvalue weighted by molar-refractivity contribution is 5.94. The summed E-state index contributed by atoms with van der Waals surface area (Å²) in [5.74, 6) is -0.175. The molecule has 3 rings (SSSR count). The molecule has 2 N–H and O–H groups in total. The molecule has 0 radical (unpaired) electrons. The van der Waals surface area contributed by atoms with Crippen LogP contribution >= 0.6 is 0 Å². The molecule has 1 amide bonds. The second-order valence-corrected chi connectivity index (χ2v) is 6.24. The van der Waals surface area contributed by atoms with Gasteiger partial charge >= 0.3 is 5.97 Å². The maximum Gasteiger partial charge on any atom is 0.308 e. The van der Waals surface area contributed by atoms with E-state index in [0.717, 1.165) is 11.1 Å². The topological polar surface area (TPSA) is 106 Å². The number of methoxy groups -OCH3 is 1. The lowest BCUT2D eigenvalue weighted by molar-refractivity contribution is -0.132. The number of hydrogen-bond donors (Lipinski definition) is 2. The zero-order chi connectivity index (χ0) is 20.8. The molecule has 29 heavy (non-hydrogen) atoms. The summed E-state index contributed by atoms with van der Waals surface area (Å²) >= 11 is 0. The molecule has 0 saturated carbocycles. The third kappa shape index (κ3) is 5.07. The number of ether oxygens (including phenoxy) is 2. The van der Waals surface area contributed by atoms with Gasteiger partial charge in [-0.2, -0.15) is 10.2 Å². The van der Waals surface area contributed by atoms with Crippen molar-refractivity contribution in [1.82, 2.24) is 15.6 Å². The van der Waals surface area contributed by atoms with Crippen LogP contribution in [0.25, 0.3) is 11.3 Å². The largest absolute Gasteiger partial charge is 0.493 e. The molecule has 0 bridgehead atoms. The van der Waals surface area contributed by atoms with Crippen LogP contribution in [0.2, 0.25) is 0 Å². The first-order chi connectivity index (χ1) is 14.0. The van der Waals surface area contributed by atoms with Gasteiger partial charge in [-0.1, -0.05) is 29.8 Å². The number of amides is 1. The number of nitrogens with zero attached hydrogens (tertiary/aromatic N) is 2. The molecule has 0 atom stereocenters. The van der Waals surface area contributed by atoms with E-state index in [1.807, 2.05) is 31.2 Å². The normalized spacial score (nSPS) is 10.7. The van der Waals surface area contributed by atoms with Crippen molar-refractivity contribution in [3.63, 3.8) is 0 Å². The highest BCUT2D eigenvalue weighted by atomic mass is 16.6. The molecule has 2 aromatic carbocycles. The molecule has 0 aliphatic heterocycles. The van der Waals surface area contributed by atoms with Gasteiger partial charge in [-0.15, -0.1) is 0 Å². The van der Waals surface area contributed by atoms with Gasteiger partial charge in [0.2, 0.25) is 0 Å². The zero-order valence-corrected chi connectivity index (χ0v) is 16.2. The fourth-order valence-corrected chi connectivity index (χ4v) is 2.54. The summed E-state index contributed by atoms with van der Waals surface area (Å²) in [4.78, 5) is 23.3. The van der Waals surface area contributed by atoms with E-state index >= 15 is 0 Å². The summed E-state index contributed by atoms with van der Waals surface area (Å²) in [5.41, 5.74) is 6.12. The number of aromatic nitrogens is 2. The lowest BCUT2D eigenvalue weighted by Crippen LogP contribution is -2.18. The second kappa shape index (κ2) is 8.83. The average molecular weight is 392 g/mol. The molecule has 1 aromatic heterocycles. The molecule has 8 heteroatoms. The van der Waals surface area contributed by atoms with Crippen LogP contribution in [0.4, 0.5) is 0 Å². The number of benzene rings is 2. The van der Waals surface area contributed by atoms with E-state index in [0.29, 0.717) is 28.5 Å². The van der Waals surface area contributed by atoms with Crippen molar-refractivity contribution in [3.05, 3.63) is 65.4 Å². The second-order valence-electron chi connectivity index (χ2n) is 6.24. The van der Waals surface area contributed by atoms with E-state index in [2.05, 4.69) is 20.7 Å². The minimum absolute atomic E-state index is 0.292. The van der Waals surface area contributed by atoms with Gasteiger partial charge in [0, 0.05) is 12.5 Å². The Balaban J connectivity index is 1.65. The first kappa shape index (κ1) is 19.8. The van der Waals surface area contributed by atoms with Crippen molar-refractivity contribution < 1.29 is 19.1 Å². The predicted molar refractivity (Wildman–Crippen MR) is 108 cm³/mol. The number of aromatic amines is 1. The van der Waals surface area contributed by atoms with Crippen LogP contribution in [-0.2, 0) is 4.79 Å².